The first kappa shape index (κ1) is 13.4. The van der Waals surface area contributed by atoms with Crippen LogP contribution in [0.25, 0.3) is 0 Å². The molecule has 1 aromatic heterocycles. The van der Waals surface area contributed by atoms with Gasteiger partial charge >= 0.3 is 0 Å². The van der Waals surface area contributed by atoms with Gasteiger partial charge < -0.3 is 4.90 Å². The van der Waals surface area contributed by atoms with Crippen LogP contribution >= 0.6 is 22.9 Å². The number of hydrogen-bond acceptors (Lipinski definition) is 3. The van der Waals surface area contributed by atoms with Gasteiger partial charge in [0.25, 0.3) is 0 Å². The fourth-order valence-electron chi connectivity index (χ4n) is 2.00. The summed E-state index contributed by atoms with van der Waals surface area (Å²) in [5.41, 5.74) is 4.81. The summed E-state index contributed by atoms with van der Waals surface area (Å²) in [5.74, 6) is 0.490. The van der Waals surface area contributed by atoms with E-state index in [1.807, 2.05) is 5.38 Å². The minimum absolute atomic E-state index is 0.490. The molecule has 0 N–H and O–H groups in total. The van der Waals surface area contributed by atoms with Gasteiger partial charge in [-0.15, -0.1) is 22.9 Å². The van der Waals surface area contributed by atoms with Gasteiger partial charge in [0.15, 0.2) is 0 Å². The van der Waals surface area contributed by atoms with Gasteiger partial charge in [-0.3, -0.25) is 0 Å². The van der Waals surface area contributed by atoms with E-state index in [1.54, 1.807) is 11.3 Å². The summed E-state index contributed by atoms with van der Waals surface area (Å²) in [6.07, 6.45) is 0. The SMILES string of the molecule is Cc1ccc(N(C)Cc2nc(CCl)cs2)c(C)c1. The minimum atomic E-state index is 0.490. The van der Waals surface area contributed by atoms with Crippen molar-refractivity contribution in [2.45, 2.75) is 26.3 Å². The predicted molar refractivity (Wildman–Crippen MR) is 79.7 cm³/mol. The monoisotopic (exact) mass is 280 g/mol. The van der Waals surface area contributed by atoms with Crippen LogP contribution in [0, 0.1) is 13.8 Å². The molecule has 0 spiro atoms. The molecule has 0 aliphatic carbocycles. The van der Waals surface area contributed by atoms with Gasteiger partial charge in [-0.1, -0.05) is 17.7 Å². The lowest BCUT2D eigenvalue weighted by atomic mass is 10.1. The van der Waals surface area contributed by atoms with E-state index in [0.29, 0.717) is 5.88 Å². The van der Waals surface area contributed by atoms with Gasteiger partial charge in [-0.2, -0.15) is 0 Å². The summed E-state index contributed by atoms with van der Waals surface area (Å²) in [7, 11) is 2.10. The minimum Gasteiger partial charge on any atom is -0.368 e. The molecule has 1 heterocycles. The molecule has 0 fully saturated rings. The molecule has 2 aromatic rings. The standard InChI is InChI=1S/C14H17ClN2S/c1-10-4-5-13(11(2)6-10)17(3)8-14-16-12(7-15)9-18-14/h4-6,9H,7-8H2,1-3H3. The second kappa shape index (κ2) is 5.72. The normalized spacial score (nSPS) is 10.7. The zero-order chi connectivity index (χ0) is 13.1. The third-order valence-corrected chi connectivity index (χ3v) is 4.03. The maximum absolute atomic E-state index is 5.77. The molecule has 96 valence electrons. The Morgan fingerprint density at radius 3 is 2.72 bits per heavy atom. The molecular weight excluding hydrogens is 264 g/mol. The fraction of sp³-hybridized carbons (Fsp3) is 0.357. The highest BCUT2D eigenvalue weighted by atomic mass is 35.5. The highest BCUT2D eigenvalue weighted by Crippen LogP contribution is 2.22. The van der Waals surface area contributed by atoms with Crippen molar-refractivity contribution in [2.24, 2.45) is 0 Å². The number of aryl methyl sites for hydroxylation is 2. The Hall–Kier alpha value is -1.06. The number of thiazole rings is 1. The molecule has 0 unspecified atom stereocenters. The van der Waals surface area contributed by atoms with Gasteiger partial charge in [0.2, 0.25) is 0 Å². The van der Waals surface area contributed by atoms with Crippen molar-refractivity contribution in [1.82, 2.24) is 4.98 Å². The number of benzene rings is 1. The molecule has 2 nitrogen and oxygen atoms in total. The topological polar surface area (TPSA) is 16.1 Å². The molecule has 0 saturated carbocycles. The van der Waals surface area contributed by atoms with Gasteiger partial charge in [0.1, 0.15) is 5.01 Å². The van der Waals surface area contributed by atoms with Crippen LogP contribution in [0.4, 0.5) is 5.69 Å². The van der Waals surface area contributed by atoms with Crippen LogP contribution in [0.2, 0.25) is 0 Å². The van der Waals surface area contributed by atoms with Gasteiger partial charge in [-0.05, 0) is 25.5 Å². The molecule has 0 saturated heterocycles. The van der Waals surface area contributed by atoms with E-state index in [9.17, 15) is 0 Å². The van der Waals surface area contributed by atoms with Crippen LogP contribution in [0.15, 0.2) is 23.6 Å². The highest BCUT2D eigenvalue weighted by Gasteiger charge is 2.08. The zero-order valence-electron chi connectivity index (χ0n) is 10.9. The van der Waals surface area contributed by atoms with Crippen LogP contribution < -0.4 is 4.90 Å². The van der Waals surface area contributed by atoms with Crippen molar-refractivity contribution in [3.8, 4) is 0 Å². The van der Waals surface area contributed by atoms with Gasteiger partial charge in [0.05, 0.1) is 18.1 Å². The molecule has 18 heavy (non-hydrogen) atoms. The Kier molecular flexibility index (Phi) is 4.25. The fourth-order valence-corrected chi connectivity index (χ4v) is 3.08. The molecular formula is C14H17ClN2S. The first-order valence-electron chi connectivity index (χ1n) is 5.88. The molecule has 2 rings (SSSR count). The zero-order valence-corrected chi connectivity index (χ0v) is 12.5. The number of anilines is 1. The quantitative estimate of drug-likeness (QED) is 0.783. The van der Waals surface area contributed by atoms with Crippen molar-refractivity contribution in [3.63, 3.8) is 0 Å². The molecule has 0 radical (unpaired) electrons. The molecule has 0 bridgehead atoms. The summed E-state index contributed by atoms with van der Waals surface area (Å²) in [5, 5.41) is 3.13. The van der Waals surface area contributed by atoms with Crippen LogP contribution in [0.3, 0.4) is 0 Å². The Labute approximate surface area is 117 Å². The number of hydrogen-bond donors (Lipinski definition) is 0. The number of alkyl halides is 1. The van der Waals surface area contributed by atoms with E-state index in [0.717, 1.165) is 17.2 Å². The van der Waals surface area contributed by atoms with Crippen molar-refractivity contribution in [1.29, 1.82) is 0 Å². The lowest BCUT2D eigenvalue weighted by Gasteiger charge is -2.20. The summed E-state index contributed by atoms with van der Waals surface area (Å²) in [6, 6.07) is 6.52. The Morgan fingerprint density at radius 1 is 1.33 bits per heavy atom. The molecule has 0 atom stereocenters. The summed E-state index contributed by atoms with van der Waals surface area (Å²) < 4.78 is 0. The molecule has 4 heteroatoms. The van der Waals surface area contributed by atoms with Gasteiger partial charge in [-0.25, -0.2) is 4.98 Å². The molecule has 1 aromatic carbocycles. The maximum atomic E-state index is 5.77. The van der Waals surface area contributed by atoms with Crippen molar-refractivity contribution < 1.29 is 0 Å². The first-order valence-corrected chi connectivity index (χ1v) is 7.29. The van der Waals surface area contributed by atoms with E-state index in [2.05, 4.69) is 49.0 Å². The Balaban J connectivity index is 2.13. The van der Waals surface area contributed by atoms with Gasteiger partial charge in [0, 0.05) is 18.1 Å². The van der Waals surface area contributed by atoms with E-state index in [1.165, 1.54) is 16.8 Å². The summed E-state index contributed by atoms with van der Waals surface area (Å²) in [6.45, 7) is 5.08. The number of halogens is 1. The Morgan fingerprint density at radius 2 is 2.11 bits per heavy atom. The number of aromatic nitrogens is 1. The smallest absolute Gasteiger partial charge is 0.112 e. The van der Waals surface area contributed by atoms with E-state index in [4.69, 9.17) is 11.6 Å². The Bertz CT molecular complexity index is 536. The average molecular weight is 281 g/mol. The molecule has 0 aliphatic rings. The average Bonchev–Trinajstić information content (AvgIpc) is 2.76. The molecule has 0 amide bonds. The lowest BCUT2D eigenvalue weighted by molar-refractivity contribution is 0.898. The molecule has 0 aliphatic heterocycles. The van der Waals surface area contributed by atoms with Crippen LogP contribution in [0.1, 0.15) is 21.8 Å². The van der Waals surface area contributed by atoms with Crippen LogP contribution in [-0.4, -0.2) is 12.0 Å². The van der Waals surface area contributed by atoms with Crippen molar-refractivity contribution in [2.75, 3.05) is 11.9 Å². The van der Waals surface area contributed by atoms with E-state index >= 15 is 0 Å². The second-order valence-electron chi connectivity index (χ2n) is 4.51. The lowest BCUT2D eigenvalue weighted by Crippen LogP contribution is -2.17. The van der Waals surface area contributed by atoms with Crippen LogP contribution in [0.5, 0.6) is 0 Å². The summed E-state index contributed by atoms with van der Waals surface area (Å²) in [4.78, 5) is 6.71. The van der Waals surface area contributed by atoms with E-state index in [-0.39, 0.29) is 0 Å². The third-order valence-electron chi connectivity index (χ3n) is 2.87. The largest absolute Gasteiger partial charge is 0.368 e. The third kappa shape index (κ3) is 3.03. The maximum Gasteiger partial charge on any atom is 0.112 e. The second-order valence-corrected chi connectivity index (χ2v) is 5.72. The van der Waals surface area contributed by atoms with E-state index < -0.39 is 0 Å². The number of rotatable bonds is 4. The predicted octanol–water partition coefficient (Wildman–Crippen LogP) is 4.14. The van der Waals surface area contributed by atoms with Crippen molar-refractivity contribution >= 4 is 28.6 Å². The summed E-state index contributed by atoms with van der Waals surface area (Å²) >= 11 is 7.44. The van der Waals surface area contributed by atoms with Crippen molar-refractivity contribution in [3.05, 3.63) is 45.4 Å². The van der Waals surface area contributed by atoms with Crippen LogP contribution in [-0.2, 0) is 12.4 Å². The first-order chi connectivity index (χ1) is 8.60. The number of nitrogens with zero attached hydrogens (tertiary/aromatic N) is 2. The highest BCUT2D eigenvalue weighted by molar-refractivity contribution is 7.09.